The summed E-state index contributed by atoms with van der Waals surface area (Å²) in [6, 6.07) is 11.6. The predicted octanol–water partition coefficient (Wildman–Crippen LogP) is 1.88. The molecule has 0 bridgehead atoms. The number of nitriles is 1. The largest absolute Gasteiger partial charge is 0.573 e. The Hall–Kier alpha value is -2.43. The van der Waals surface area contributed by atoms with Crippen LogP contribution in [0.4, 0.5) is 10.1 Å². The molecular weight excluding hydrogens is 305 g/mol. The van der Waals surface area contributed by atoms with Crippen molar-refractivity contribution in [1.82, 2.24) is 0 Å². The summed E-state index contributed by atoms with van der Waals surface area (Å²) in [7, 11) is -4.19. The summed E-state index contributed by atoms with van der Waals surface area (Å²) in [5, 5.41) is 8.81. The summed E-state index contributed by atoms with van der Waals surface area (Å²) in [6.45, 7) is 0.576. The number of rotatable bonds is 5. The van der Waals surface area contributed by atoms with Crippen molar-refractivity contribution < 1.29 is 18.5 Å². The van der Waals surface area contributed by atoms with Crippen LogP contribution in [0.1, 0.15) is 11.1 Å². The van der Waals surface area contributed by atoms with Crippen LogP contribution in [0.3, 0.4) is 0 Å². The molecule has 0 saturated carbocycles. The number of benzene rings is 2. The van der Waals surface area contributed by atoms with E-state index in [1.54, 1.807) is 0 Å². The van der Waals surface area contributed by atoms with Gasteiger partial charge in [-0.3, -0.25) is 0 Å². The highest BCUT2D eigenvalue weighted by atomic mass is 32.2. The van der Waals surface area contributed by atoms with E-state index in [1.807, 2.05) is 6.07 Å². The van der Waals surface area contributed by atoms with Crippen molar-refractivity contribution >= 4 is 15.7 Å². The molecule has 0 fully saturated rings. The van der Waals surface area contributed by atoms with Crippen LogP contribution in [0.2, 0.25) is 0 Å². The predicted molar refractivity (Wildman–Crippen MR) is 79.2 cm³/mol. The lowest BCUT2D eigenvalue weighted by atomic mass is 10.1. The Labute approximate surface area is 128 Å². The molecule has 0 amide bonds. The molecule has 0 aliphatic heterocycles. The molecule has 2 aromatic carbocycles. The molecule has 22 heavy (non-hydrogen) atoms. The summed E-state index contributed by atoms with van der Waals surface area (Å²) in [6.07, 6.45) is 0.548. The first-order valence-electron chi connectivity index (χ1n) is 6.52. The van der Waals surface area contributed by atoms with E-state index in [9.17, 15) is 12.8 Å². The average Bonchev–Trinajstić information content (AvgIpc) is 2.49. The van der Waals surface area contributed by atoms with Gasteiger partial charge in [-0.25, -0.2) is 12.8 Å². The highest BCUT2D eigenvalue weighted by molar-refractivity contribution is 7.94. The Morgan fingerprint density at radius 3 is 2.68 bits per heavy atom. The average molecular weight is 319 g/mol. The SMILES string of the molecule is N#Cc1cccc([N-]S(=O)(=O)c2cc(CC[NH3+])ccc2F)c1. The molecule has 7 heteroatoms. The van der Waals surface area contributed by atoms with Gasteiger partial charge in [0, 0.05) is 6.42 Å². The van der Waals surface area contributed by atoms with E-state index in [0.717, 1.165) is 6.07 Å². The van der Waals surface area contributed by atoms with Gasteiger partial charge in [-0.05, 0) is 23.8 Å². The van der Waals surface area contributed by atoms with Gasteiger partial charge in [-0.15, -0.1) is 5.69 Å². The van der Waals surface area contributed by atoms with Crippen LogP contribution in [0, 0.1) is 17.1 Å². The molecule has 0 atom stereocenters. The third kappa shape index (κ3) is 3.61. The lowest BCUT2D eigenvalue weighted by molar-refractivity contribution is -0.366. The van der Waals surface area contributed by atoms with E-state index in [4.69, 9.17) is 5.26 Å². The van der Waals surface area contributed by atoms with Gasteiger partial charge < -0.3 is 10.5 Å². The zero-order chi connectivity index (χ0) is 16.2. The third-order valence-electron chi connectivity index (χ3n) is 2.94. The molecule has 2 rings (SSSR count). The van der Waals surface area contributed by atoms with Gasteiger partial charge >= 0.3 is 0 Å². The van der Waals surface area contributed by atoms with E-state index >= 15 is 0 Å². The first-order chi connectivity index (χ1) is 10.5. The van der Waals surface area contributed by atoms with Crippen molar-refractivity contribution in [3.63, 3.8) is 0 Å². The Morgan fingerprint density at radius 1 is 1.23 bits per heavy atom. The molecular formula is C15H14FN3O2S. The second kappa shape index (κ2) is 6.56. The minimum Gasteiger partial charge on any atom is -0.573 e. The quantitative estimate of drug-likeness (QED) is 0.910. The number of nitrogens with zero attached hydrogens (tertiary/aromatic N) is 2. The Morgan fingerprint density at radius 2 is 2.00 bits per heavy atom. The molecule has 114 valence electrons. The number of quaternary nitrogens is 1. The second-order valence-electron chi connectivity index (χ2n) is 4.60. The molecule has 0 spiro atoms. The smallest absolute Gasteiger partial charge is 0.140 e. The van der Waals surface area contributed by atoms with Gasteiger partial charge in [-0.1, -0.05) is 24.3 Å². The minimum atomic E-state index is -4.19. The van der Waals surface area contributed by atoms with Gasteiger partial charge in [-0.2, -0.15) is 5.26 Å². The topological polar surface area (TPSA) is 99.7 Å². The van der Waals surface area contributed by atoms with Gasteiger partial charge in [0.2, 0.25) is 0 Å². The lowest BCUT2D eigenvalue weighted by Crippen LogP contribution is -2.51. The zero-order valence-corrected chi connectivity index (χ0v) is 12.5. The van der Waals surface area contributed by atoms with Crippen molar-refractivity contribution in [3.8, 4) is 6.07 Å². The first kappa shape index (κ1) is 15.9. The summed E-state index contributed by atoms with van der Waals surface area (Å²) in [5.41, 5.74) is 4.73. The van der Waals surface area contributed by atoms with Crippen LogP contribution >= 0.6 is 0 Å². The van der Waals surface area contributed by atoms with E-state index in [2.05, 4.69) is 10.5 Å². The number of halogens is 1. The van der Waals surface area contributed by atoms with Gasteiger partial charge in [0.1, 0.15) is 15.8 Å². The van der Waals surface area contributed by atoms with Gasteiger partial charge in [0.05, 0.1) is 23.1 Å². The van der Waals surface area contributed by atoms with E-state index in [0.29, 0.717) is 18.5 Å². The summed E-state index contributed by atoms with van der Waals surface area (Å²) in [5.74, 6) is -0.854. The van der Waals surface area contributed by atoms with Crippen LogP contribution in [-0.4, -0.2) is 15.0 Å². The maximum atomic E-state index is 13.8. The summed E-state index contributed by atoms with van der Waals surface area (Å²) < 4.78 is 42.0. The highest BCUT2D eigenvalue weighted by Gasteiger charge is 2.12. The van der Waals surface area contributed by atoms with Crippen molar-refractivity contribution in [2.75, 3.05) is 6.54 Å². The molecule has 0 saturated heterocycles. The molecule has 3 N–H and O–H groups in total. The van der Waals surface area contributed by atoms with Crippen LogP contribution < -0.4 is 5.73 Å². The summed E-state index contributed by atoms with van der Waals surface area (Å²) >= 11 is 0. The maximum absolute atomic E-state index is 13.8. The molecule has 0 radical (unpaired) electrons. The van der Waals surface area contributed by atoms with E-state index in [1.165, 1.54) is 36.4 Å². The van der Waals surface area contributed by atoms with Crippen molar-refractivity contribution in [2.45, 2.75) is 11.3 Å². The maximum Gasteiger partial charge on any atom is 0.140 e. The molecule has 0 heterocycles. The van der Waals surface area contributed by atoms with E-state index in [-0.39, 0.29) is 11.3 Å². The Balaban J connectivity index is 2.38. The van der Waals surface area contributed by atoms with Crippen LogP contribution in [-0.2, 0) is 16.4 Å². The van der Waals surface area contributed by atoms with Gasteiger partial charge in [0.25, 0.3) is 0 Å². The Kier molecular flexibility index (Phi) is 4.75. The number of sulfonamides is 1. The van der Waals surface area contributed by atoms with Crippen LogP contribution in [0.15, 0.2) is 47.4 Å². The molecule has 0 aromatic heterocycles. The first-order valence-corrected chi connectivity index (χ1v) is 7.96. The van der Waals surface area contributed by atoms with Crippen molar-refractivity contribution in [1.29, 1.82) is 5.26 Å². The molecule has 0 aliphatic rings. The lowest BCUT2D eigenvalue weighted by Gasteiger charge is -2.22. The standard InChI is InChI=1S/C15H13FN3O2S/c16-14-5-4-11(6-7-17)9-15(14)22(20,21)19-13-3-1-2-12(8-13)10-18/h1-5,8-9H,6-7,17H2/q-1/p+1. The van der Waals surface area contributed by atoms with Crippen molar-refractivity contribution in [2.24, 2.45) is 0 Å². The van der Waals surface area contributed by atoms with Crippen LogP contribution in [0.25, 0.3) is 4.72 Å². The fraction of sp³-hybridized carbons (Fsp3) is 0.133. The molecule has 5 nitrogen and oxygen atoms in total. The second-order valence-corrected chi connectivity index (χ2v) is 6.17. The van der Waals surface area contributed by atoms with E-state index < -0.39 is 20.7 Å². The van der Waals surface area contributed by atoms with Gasteiger partial charge in [0.15, 0.2) is 0 Å². The third-order valence-corrected chi connectivity index (χ3v) is 4.26. The van der Waals surface area contributed by atoms with Crippen molar-refractivity contribution in [3.05, 3.63) is 64.1 Å². The summed E-state index contributed by atoms with van der Waals surface area (Å²) in [4.78, 5) is -0.471. The number of hydrogen-bond donors (Lipinski definition) is 1. The number of hydrogen-bond acceptors (Lipinski definition) is 3. The fourth-order valence-corrected chi connectivity index (χ4v) is 3.03. The minimum absolute atomic E-state index is 0.0843. The molecule has 0 unspecified atom stereocenters. The monoisotopic (exact) mass is 319 g/mol. The fourth-order valence-electron chi connectivity index (χ4n) is 1.93. The van der Waals surface area contributed by atoms with Crippen LogP contribution in [0.5, 0.6) is 0 Å². The Bertz CT molecular complexity index is 829. The highest BCUT2D eigenvalue weighted by Crippen LogP contribution is 2.30. The normalized spacial score (nSPS) is 11.0. The zero-order valence-electron chi connectivity index (χ0n) is 11.7. The molecule has 0 aliphatic carbocycles. The molecule has 2 aromatic rings.